The minimum absolute atomic E-state index is 0. The van der Waals surface area contributed by atoms with Gasteiger partial charge in [-0.15, -0.1) is 41.3 Å². The molecule has 0 N–H and O–H groups in total. The molecule has 4 aromatic heterocycles. The van der Waals surface area contributed by atoms with Crippen LogP contribution in [0.25, 0.3) is 66.1 Å². The number of aryl methyl sites for hydroxylation is 1. The summed E-state index contributed by atoms with van der Waals surface area (Å²) in [6, 6.07) is 48.3. The third-order valence-corrected chi connectivity index (χ3v) is 7.76. The van der Waals surface area contributed by atoms with Gasteiger partial charge in [0.2, 0.25) is 6.33 Å². The second-order valence-electron chi connectivity index (χ2n) is 10.1. The first-order chi connectivity index (χ1) is 20.3. The van der Waals surface area contributed by atoms with E-state index in [0.717, 1.165) is 28.0 Å². The van der Waals surface area contributed by atoms with E-state index in [-0.39, 0.29) is 20.1 Å². The van der Waals surface area contributed by atoms with Crippen LogP contribution in [0.5, 0.6) is 0 Å². The number of aromatic nitrogens is 4. The van der Waals surface area contributed by atoms with Crippen LogP contribution in [0.3, 0.4) is 0 Å². The number of imidazole rings is 1. The van der Waals surface area contributed by atoms with Gasteiger partial charge in [0.25, 0.3) is 0 Å². The maximum atomic E-state index is 4.22. The predicted octanol–water partition coefficient (Wildman–Crippen LogP) is 7.75. The molecular weight excluding hydrogens is 693 g/mol. The Kier molecular flexibility index (Phi) is 6.54. The van der Waals surface area contributed by atoms with E-state index in [4.69, 9.17) is 0 Å². The molecule has 0 spiro atoms. The number of fused-ring (bicyclic) bond motifs is 7. The summed E-state index contributed by atoms with van der Waals surface area (Å²) >= 11 is 0. The Morgan fingerprint density at radius 1 is 0.667 bits per heavy atom. The first kappa shape index (κ1) is 26.1. The number of hydrogen-bond donors (Lipinski definition) is 0. The second kappa shape index (κ2) is 10.5. The number of rotatable bonds is 2. The van der Waals surface area contributed by atoms with Gasteiger partial charge in [0.1, 0.15) is 0 Å². The van der Waals surface area contributed by atoms with E-state index < -0.39 is 0 Å². The van der Waals surface area contributed by atoms with Crippen molar-refractivity contribution in [2.24, 2.45) is 7.05 Å². The van der Waals surface area contributed by atoms with Crippen LogP contribution in [0.1, 0.15) is 0 Å². The Morgan fingerprint density at radius 2 is 1.40 bits per heavy atom. The van der Waals surface area contributed by atoms with Gasteiger partial charge in [0, 0.05) is 28.0 Å². The molecule has 0 amide bonds. The Balaban J connectivity index is 0.000000188. The zero-order valence-corrected chi connectivity index (χ0v) is 25.1. The fourth-order valence-electron chi connectivity index (χ4n) is 5.94. The van der Waals surface area contributed by atoms with Gasteiger partial charge < -0.3 is 18.5 Å². The maximum Gasteiger partial charge on any atom is 3.00 e. The van der Waals surface area contributed by atoms with E-state index in [9.17, 15) is 0 Å². The maximum absolute atomic E-state index is 4.22. The van der Waals surface area contributed by atoms with Gasteiger partial charge in [-0.3, -0.25) is 0 Å². The van der Waals surface area contributed by atoms with Gasteiger partial charge in [-0.1, -0.05) is 84.0 Å². The summed E-state index contributed by atoms with van der Waals surface area (Å²) in [5, 5.41) is 5.14. The molecule has 0 bridgehead atoms. The first-order valence-corrected chi connectivity index (χ1v) is 13.6. The molecule has 0 radical (unpaired) electrons. The molecule has 0 saturated heterocycles. The monoisotopic (exact) mass is 717 g/mol. The minimum Gasteiger partial charge on any atom is -0.363 e. The SMILES string of the molecule is C[n+]1[c-]n(-c2[c-]cc3c(c2)c2cccc4c5ccccc5n3c24)c2ccccc21.[Ir+3].[c-]1ccccc1-c1ccccn1. The fourth-order valence-corrected chi connectivity index (χ4v) is 5.94. The number of pyridine rings is 1. The second-order valence-corrected chi connectivity index (χ2v) is 10.1. The summed E-state index contributed by atoms with van der Waals surface area (Å²) < 4.78 is 6.52. The molecule has 200 valence electrons. The van der Waals surface area contributed by atoms with Crippen molar-refractivity contribution in [1.29, 1.82) is 0 Å². The Hall–Kier alpha value is -4.83. The summed E-state index contributed by atoms with van der Waals surface area (Å²) in [5.41, 5.74) is 9.04. The van der Waals surface area contributed by atoms with Crippen LogP contribution >= 0.6 is 0 Å². The summed E-state index contributed by atoms with van der Waals surface area (Å²) in [6.45, 7) is 0. The zero-order valence-electron chi connectivity index (χ0n) is 22.7. The summed E-state index contributed by atoms with van der Waals surface area (Å²) in [4.78, 5) is 4.22. The molecule has 5 aromatic carbocycles. The number of nitrogens with zero attached hydrogens (tertiary/aromatic N) is 4. The van der Waals surface area contributed by atoms with Crippen LogP contribution in [0, 0.1) is 18.5 Å². The van der Waals surface area contributed by atoms with E-state index in [0.29, 0.717) is 0 Å². The van der Waals surface area contributed by atoms with Gasteiger partial charge in [-0.2, -0.15) is 18.2 Å². The van der Waals surface area contributed by atoms with Crippen molar-refractivity contribution in [2.75, 3.05) is 0 Å². The van der Waals surface area contributed by atoms with Gasteiger partial charge in [-0.05, 0) is 23.2 Å². The predicted molar refractivity (Wildman–Crippen MR) is 165 cm³/mol. The van der Waals surface area contributed by atoms with E-state index in [1.54, 1.807) is 6.20 Å². The van der Waals surface area contributed by atoms with E-state index in [2.05, 4.69) is 111 Å². The van der Waals surface area contributed by atoms with Crippen molar-refractivity contribution in [1.82, 2.24) is 14.0 Å². The third-order valence-electron chi connectivity index (χ3n) is 7.76. The van der Waals surface area contributed by atoms with Crippen LogP contribution < -0.4 is 4.57 Å². The average Bonchev–Trinajstić information content (AvgIpc) is 3.69. The van der Waals surface area contributed by atoms with Crippen LogP contribution in [-0.4, -0.2) is 14.0 Å². The first-order valence-electron chi connectivity index (χ1n) is 13.6. The van der Waals surface area contributed by atoms with Crippen molar-refractivity contribution < 1.29 is 24.7 Å². The molecule has 0 unspecified atom stereocenters. The Bertz CT molecular complexity index is 2280. The standard InChI is InChI=1S/C26H16N3.C11H8N.Ir/c1-27-16-28(25-12-5-4-11-24(25)27)17-13-14-23-21(15-17)20-9-6-8-19-18-7-2-3-10-22(18)29(23)26(19)20;1-2-6-10(7-3-1)11-8-4-5-9-12-11;/h2-12,14-15H,1H3;1-6,8-9H;/q2*-1;+3. The molecule has 0 atom stereocenters. The Labute approximate surface area is 256 Å². The molecular formula is C37H24IrN4+. The molecule has 0 saturated carbocycles. The van der Waals surface area contributed by atoms with Gasteiger partial charge >= 0.3 is 20.1 Å². The topological polar surface area (TPSA) is 26.1 Å². The van der Waals surface area contributed by atoms with Crippen LogP contribution in [-0.2, 0) is 27.2 Å². The number of benzene rings is 5. The molecule has 42 heavy (non-hydrogen) atoms. The van der Waals surface area contributed by atoms with Gasteiger partial charge in [0.05, 0.1) is 18.1 Å². The molecule has 0 aliphatic heterocycles. The van der Waals surface area contributed by atoms with E-state index in [1.807, 2.05) is 54.1 Å². The molecule has 0 fully saturated rings. The number of hydrogen-bond acceptors (Lipinski definition) is 1. The minimum atomic E-state index is 0. The molecule has 5 heteroatoms. The molecule has 4 heterocycles. The van der Waals surface area contributed by atoms with Crippen molar-refractivity contribution in [3.8, 4) is 16.9 Å². The molecule has 9 rings (SSSR count). The quantitative estimate of drug-likeness (QED) is 0.133. The van der Waals surface area contributed by atoms with Crippen LogP contribution in [0.15, 0.2) is 128 Å². The summed E-state index contributed by atoms with van der Waals surface area (Å²) in [7, 11) is 2.03. The van der Waals surface area contributed by atoms with E-state index in [1.165, 1.54) is 38.1 Å². The average molecular weight is 717 g/mol. The molecule has 0 aliphatic rings. The van der Waals surface area contributed by atoms with Crippen molar-refractivity contribution in [3.05, 3.63) is 146 Å². The van der Waals surface area contributed by atoms with Crippen molar-refractivity contribution in [3.63, 3.8) is 0 Å². The van der Waals surface area contributed by atoms with Gasteiger partial charge in [0.15, 0.2) is 0 Å². The molecule has 4 nitrogen and oxygen atoms in total. The summed E-state index contributed by atoms with van der Waals surface area (Å²) in [6.07, 6.45) is 5.21. The normalized spacial score (nSPS) is 11.3. The van der Waals surface area contributed by atoms with Crippen molar-refractivity contribution in [2.45, 2.75) is 0 Å². The van der Waals surface area contributed by atoms with Crippen LogP contribution in [0.4, 0.5) is 0 Å². The Morgan fingerprint density at radius 3 is 2.21 bits per heavy atom. The zero-order chi connectivity index (χ0) is 27.3. The smallest absolute Gasteiger partial charge is 0.363 e. The van der Waals surface area contributed by atoms with Crippen LogP contribution in [0.2, 0.25) is 0 Å². The number of para-hydroxylation sites is 4. The van der Waals surface area contributed by atoms with Gasteiger partial charge in [-0.25, -0.2) is 0 Å². The largest absolute Gasteiger partial charge is 3.00 e. The van der Waals surface area contributed by atoms with Crippen molar-refractivity contribution >= 4 is 49.1 Å². The fraction of sp³-hybridized carbons (Fsp3) is 0.0270. The molecule has 9 aromatic rings. The molecule has 0 aliphatic carbocycles. The third kappa shape index (κ3) is 4.09. The van der Waals surface area contributed by atoms with E-state index >= 15 is 0 Å². The summed E-state index contributed by atoms with van der Waals surface area (Å²) in [5.74, 6) is 0.